The second-order valence-corrected chi connectivity index (χ2v) is 4.98. The Morgan fingerprint density at radius 3 is 2.90 bits per heavy atom. The quantitative estimate of drug-likeness (QED) is 0.686. The predicted molar refractivity (Wildman–Crippen MR) is 68.4 cm³/mol. The highest BCUT2D eigenvalue weighted by Gasteiger charge is 2.32. The van der Waals surface area contributed by atoms with Gasteiger partial charge in [0.25, 0.3) is 0 Å². The van der Waals surface area contributed by atoms with Crippen LogP contribution in [-0.2, 0) is 23.8 Å². The Labute approximate surface area is 117 Å². The minimum atomic E-state index is -1.03. The van der Waals surface area contributed by atoms with Crippen molar-refractivity contribution < 1.29 is 28.9 Å². The first-order valence-corrected chi connectivity index (χ1v) is 6.98. The molecule has 2 saturated heterocycles. The van der Waals surface area contributed by atoms with Gasteiger partial charge in [0.15, 0.2) is 6.04 Å². The van der Waals surface area contributed by atoms with Gasteiger partial charge in [-0.05, 0) is 12.8 Å². The molecule has 0 aliphatic carbocycles. The predicted octanol–water partition coefficient (Wildman–Crippen LogP) is -0.116. The Morgan fingerprint density at radius 2 is 2.20 bits per heavy atom. The average molecular weight is 287 g/mol. The summed E-state index contributed by atoms with van der Waals surface area (Å²) in [5, 5.41) is 9.05. The fourth-order valence-corrected chi connectivity index (χ4v) is 2.40. The summed E-state index contributed by atoms with van der Waals surface area (Å²) in [6, 6.07) is -0.880. The molecule has 2 aliphatic rings. The van der Waals surface area contributed by atoms with Crippen LogP contribution in [0.15, 0.2) is 0 Å². The molecule has 0 bridgehead atoms. The molecule has 2 rings (SSSR count). The average Bonchev–Trinajstić information content (AvgIpc) is 2.96. The van der Waals surface area contributed by atoms with Crippen molar-refractivity contribution in [3.8, 4) is 0 Å². The highest BCUT2D eigenvalue weighted by Crippen LogP contribution is 2.13. The van der Waals surface area contributed by atoms with Gasteiger partial charge in [0.05, 0.1) is 39.0 Å². The second kappa shape index (κ2) is 7.56. The molecule has 2 aliphatic heterocycles. The van der Waals surface area contributed by atoms with E-state index in [9.17, 15) is 9.59 Å². The molecule has 0 aromatic carbocycles. The number of hydrogen-bond donors (Lipinski definition) is 1. The van der Waals surface area contributed by atoms with Gasteiger partial charge in [0, 0.05) is 13.2 Å². The lowest BCUT2D eigenvalue weighted by molar-refractivity contribution is -0.158. The van der Waals surface area contributed by atoms with E-state index in [1.807, 2.05) is 0 Å². The highest BCUT2D eigenvalue weighted by molar-refractivity contribution is 5.84. The van der Waals surface area contributed by atoms with Crippen molar-refractivity contribution in [1.82, 2.24) is 4.90 Å². The molecule has 20 heavy (non-hydrogen) atoms. The van der Waals surface area contributed by atoms with E-state index >= 15 is 0 Å². The second-order valence-electron chi connectivity index (χ2n) is 4.98. The maximum atomic E-state index is 12.0. The van der Waals surface area contributed by atoms with Crippen LogP contribution in [0.4, 0.5) is 0 Å². The van der Waals surface area contributed by atoms with Gasteiger partial charge in [0.1, 0.15) is 0 Å². The van der Waals surface area contributed by atoms with Crippen molar-refractivity contribution in [3.05, 3.63) is 0 Å². The van der Waals surface area contributed by atoms with E-state index in [1.165, 1.54) is 4.90 Å². The van der Waals surface area contributed by atoms with E-state index in [-0.39, 0.29) is 25.0 Å². The lowest BCUT2D eigenvalue weighted by atomic mass is 10.2. The normalized spacial score (nSPS) is 26.7. The van der Waals surface area contributed by atoms with Gasteiger partial charge < -0.3 is 24.2 Å². The third-order valence-corrected chi connectivity index (χ3v) is 3.52. The standard InChI is InChI=1S/C13H21NO6/c15-12(3-6-18-8-10-2-1-5-20-10)14-4-7-19-9-11(14)13(16)17/h10-11H,1-9H2,(H,16,17). The van der Waals surface area contributed by atoms with Gasteiger partial charge in [0.2, 0.25) is 5.91 Å². The van der Waals surface area contributed by atoms with Crippen LogP contribution in [0.1, 0.15) is 19.3 Å². The molecule has 7 nitrogen and oxygen atoms in total. The minimum Gasteiger partial charge on any atom is -0.480 e. The van der Waals surface area contributed by atoms with E-state index in [1.54, 1.807) is 0 Å². The summed E-state index contributed by atoms with van der Waals surface area (Å²) >= 11 is 0. The number of morpholine rings is 1. The van der Waals surface area contributed by atoms with Crippen LogP contribution < -0.4 is 0 Å². The Balaban J connectivity index is 1.68. The molecule has 1 amide bonds. The fourth-order valence-electron chi connectivity index (χ4n) is 2.40. The van der Waals surface area contributed by atoms with Crippen molar-refractivity contribution >= 4 is 11.9 Å². The number of aliphatic carboxylic acids is 1. The summed E-state index contributed by atoms with van der Waals surface area (Å²) in [6.07, 6.45) is 2.39. The molecule has 0 aromatic heterocycles. The maximum absolute atomic E-state index is 12.0. The molecular weight excluding hydrogens is 266 g/mol. The number of carboxylic acids is 1. The monoisotopic (exact) mass is 287 g/mol. The van der Waals surface area contributed by atoms with Gasteiger partial charge in [-0.25, -0.2) is 4.79 Å². The van der Waals surface area contributed by atoms with Crippen LogP contribution in [0, 0.1) is 0 Å². The smallest absolute Gasteiger partial charge is 0.328 e. The topological polar surface area (TPSA) is 85.3 Å². The SMILES string of the molecule is O=C(O)C1COCCN1C(=O)CCOCC1CCCO1. The molecule has 2 heterocycles. The largest absolute Gasteiger partial charge is 0.480 e. The Bertz CT molecular complexity index is 342. The molecule has 0 spiro atoms. The molecule has 0 aromatic rings. The van der Waals surface area contributed by atoms with Gasteiger partial charge in [-0.1, -0.05) is 0 Å². The van der Waals surface area contributed by atoms with E-state index in [2.05, 4.69) is 0 Å². The van der Waals surface area contributed by atoms with Crippen LogP contribution in [0.2, 0.25) is 0 Å². The van der Waals surface area contributed by atoms with E-state index in [0.29, 0.717) is 26.4 Å². The number of hydrogen-bond acceptors (Lipinski definition) is 5. The summed E-state index contributed by atoms with van der Waals surface area (Å²) < 4.78 is 15.9. The Kier molecular flexibility index (Phi) is 5.75. The summed E-state index contributed by atoms with van der Waals surface area (Å²) in [7, 11) is 0. The third-order valence-electron chi connectivity index (χ3n) is 3.52. The first-order chi connectivity index (χ1) is 9.68. The highest BCUT2D eigenvalue weighted by atomic mass is 16.5. The summed E-state index contributed by atoms with van der Waals surface area (Å²) in [5.74, 6) is -1.23. The molecule has 2 atom stereocenters. The maximum Gasteiger partial charge on any atom is 0.328 e. The van der Waals surface area contributed by atoms with E-state index in [0.717, 1.165) is 19.4 Å². The fraction of sp³-hybridized carbons (Fsp3) is 0.846. The van der Waals surface area contributed by atoms with E-state index in [4.69, 9.17) is 19.3 Å². The molecule has 0 radical (unpaired) electrons. The van der Waals surface area contributed by atoms with Crippen molar-refractivity contribution in [2.45, 2.75) is 31.4 Å². The zero-order valence-corrected chi connectivity index (χ0v) is 11.5. The minimum absolute atomic E-state index is 0.0534. The Morgan fingerprint density at radius 1 is 1.35 bits per heavy atom. The summed E-state index contributed by atoms with van der Waals surface area (Å²) in [4.78, 5) is 24.4. The zero-order valence-electron chi connectivity index (χ0n) is 11.5. The molecule has 1 N–H and O–H groups in total. The van der Waals surface area contributed by atoms with Crippen LogP contribution in [0.5, 0.6) is 0 Å². The number of carbonyl (C=O) groups excluding carboxylic acids is 1. The molecule has 2 unspecified atom stereocenters. The van der Waals surface area contributed by atoms with Gasteiger partial charge in [-0.15, -0.1) is 0 Å². The number of carboxylic acid groups (broad SMARTS) is 1. The zero-order chi connectivity index (χ0) is 14.4. The van der Waals surface area contributed by atoms with Crippen molar-refractivity contribution in [3.63, 3.8) is 0 Å². The van der Waals surface area contributed by atoms with E-state index < -0.39 is 12.0 Å². The van der Waals surface area contributed by atoms with Crippen molar-refractivity contribution in [2.75, 3.05) is 39.6 Å². The Hall–Kier alpha value is -1.18. The molecule has 0 saturated carbocycles. The molecule has 114 valence electrons. The number of rotatable bonds is 6. The number of ether oxygens (including phenoxy) is 3. The lowest BCUT2D eigenvalue weighted by Gasteiger charge is -2.32. The summed E-state index contributed by atoms with van der Waals surface area (Å²) in [5.41, 5.74) is 0. The van der Waals surface area contributed by atoms with Crippen molar-refractivity contribution in [1.29, 1.82) is 0 Å². The lowest BCUT2D eigenvalue weighted by Crippen LogP contribution is -2.52. The number of nitrogens with zero attached hydrogens (tertiary/aromatic N) is 1. The van der Waals surface area contributed by atoms with Gasteiger partial charge in [-0.2, -0.15) is 0 Å². The van der Waals surface area contributed by atoms with Crippen LogP contribution in [0.3, 0.4) is 0 Å². The number of amides is 1. The third kappa shape index (κ3) is 4.16. The summed E-state index contributed by atoms with van der Waals surface area (Å²) in [6.45, 7) is 2.33. The molecule has 2 fully saturated rings. The first kappa shape index (κ1) is 15.2. The van der Waals surface area contributed by atoms with Crippen LogP contribution in [0.25, 0.3) is 0 Å². The van der Waals surface area contributed by atoms with Gasteiger partial charge >= 0.3 is 5.97 Å². The van der Waals surface area contributed by atoms with Crippen LogP contribution >= 0.6 is 0 Å². The number of carbonyl (C=O) groups is 2. The first-order valence-electron chi connectivity index (χ1n) is 6.98. The van der Waals surface area contributed by atoms with Crippen molar-refractivity contribution in [2.24, 2.45) is 0 Å². The van der Waals surface area contributed by atoms with Crippen LogP contribution in [-0.4, -0.2) is 73.6 Å². The molecule has 7 heteroatoms. The van der Waals surface area contributed by atoms with Gasteiger partial charge in [-0.3, -0.25) is 4.79 Å². The molecular formula is C13H21NO6.